The molecule has 1 aromatic rings. The Morgan fingerprint density at radius 3 is 2.34 bits per heavy atom. The van der Waals surface area contributed by atoms with E-state index in [1.54, 1.807) is 0 Å². The molecule has 0 spiro atoms. The second-order valence-electron chi connectivity index (χ2n) is 9.98. The quantitative estimate of drug-likeness (QED) is 0.431. The summed E-state index contributed by atoms with van der Waals surface area (Å²) >= 11 is 0. The molecule has 0 amide bonds. The molecule has 2 aliphatic heterocycles. The molecule has 2 heterocycles. The molecule has 1 fully saturated rings. The molecule has 0 radical (unpaired) electrons. The van der Waals surface area contributed by atoms with Crippen LogP contribution in [0.2, 0.25) is 0 Å². The molecular weight excluding hydrogens is 412 g/mol. The normalized spacial score (nSPS) is 33.5. The summed E-state index contributed by atoms with van der Waals surface area (Å²) in [5.41, 5.74) is 3.15. The number of hydrogen-bond donors (Lipinski definition) is 5. The molecule has 0 saturated carbocycles. The molecule has 32 heavy (non-hydrogen) atoms. The van der Waals surface area contributed by atoms with E-state index in [1.165, 1.54) is 0 Å². The van der Waals surface area contributed by atoms with Crippen LogP contribution < -0.4 is 4.74 Å². The highest BCUT2D eigenvalue weighted by atomic mass is 16.5. The Balaban J connectivity index is 1.88. The third kappa shape index (κ3) is 4.64. The van der Waals surface area contributed by atoms with Gasteiger partial charge in [-0.1, -0.05) is 19.8 Å². The summed E-state index contributed by atoms with van der Waals surface area (Å²) in [6.07, 6.45) is -0.753. The van der Waals surface area contributed by atoms with Gasteiger partial charge in [-0.3, -0.25) is 0 Å². The molecule has 0 bridgehead atoms. The number of phenols is 1. The average Bonchev–Trinajstić information content (AvgIpc) is 2.77. The first-order chi connectivity index (χ1) is 15.0. The van der Waals surface area contributed by atoms with Crippen LogP contribution in [0.15, 0.2) is 0 Å². The van der Waals surface area contributed by atoms with Crippen molar-refractivity contribution in [2.24, 2.45) is 5.92 Å². The van der Waals surface area contributed by atoms with E-state index in [1.807, 2.05) is 20.8 Å². The van der Waals surface area contributed by atoms with Gasteiger partial charge in [0, 0.05) is 5.56 Å². The minimum Gasteiger partial charge on any atom is -0.507 e. The van der Waals surface area contributed by atoms with Crippen molar-refractivity contribution < 1.29 is 35.0 Å². The zero-order valence-corrected chi connectivity index (χ0v) is 20.0. The van der Waals surface area contributed by atoms with Crippen molar-refractivity contribution in [3.05, 3.63) is 22.3 Å². The van der Waals surface area contributed by atoms with Crippen LogP contribution in [0.5, 0.6) is 11.5 Å². The van der Waals surface area contributed by atoms with Gasteiger partial charge in [-0.15, -0.1) is 0 Å². The molecule has 1 saturated heterocycles. The van der Waals surface area contributed by atoms with Crippen LogP contribution in [0.25, 0.3) is 0 Å². The van der Waals surface area contributed by atoms with E-state index in [0.29, 0.717) is 12.2 Å². The number of aliphatic hydroxyl groups excluding tert-OH is 4. The van der Waals surface area contributed by atoms with E-state index in [-0.39, 0.29) is 5.92 Å². The molecular formula is C25H40O7. The van der Waals surface area contributed by atoms with Crippen molar-refractivity contribution in [3.8, 4) is 11.5 Å². The van der Waals surface area contributed by atoms with Gasteiger partial charge in [0.2, 0.25) is 0 Å². The predicted molar refractivity (Wildman–Crippen MR) is 121 cm³/mol. The highest BCUT2D eigenvalue weighted by Crippen LogP contribution is 2.46. The van der Waals surface area contributed by atoms with Gasteiger partial charge >= 0.3 is 0 Å². The van der Waals surface area contributed by atoms with Gasteiger partial charge in [-0.05, 0) is 76.0 Å². The molecule has 3 rings (SSSR count). The van der Waals surface area contributed by atoms with Crippen molar-refractivity contribution in [1.29, 1.82) is 0 Å². The van der Waals surface area contributed by atoms with Crippen LogP contribution in [0.1, 0.15) is 68.2 Å². The van der Waals surface area contributed by atoms with Gasteiger partial charge in [0.05, 0.1) is 12.7 Å². The lowest BCUT2D eigenvalue weighted by atomic mass is 9.76. The maximum absolute atomic E-state index is 10.7. The number of fused-ring (bicyclic) bond motifs is 1. The molecule has 1 aromatic carbocycles. The standard InChI is InChI=1S/C25H40O7/c1-6-7-8-16(24-22(30)21(29)20(28)18(12-26)31-24)11-25(5)10-9-17-15(4)19(27)13(2)14(3)23(17)32-25/h16,18,20-22,24,26-30H,6-12H2,1-5H3/t16?,18-,20-,21+,22-,24+,25?/m1/s1. The Hall–Kier alpha value is -1.38. The molecule has 7 heteroatoms. The van der Waals surface area contributed by atoms with Crippen LogP contribution in [0.4, 0.5) is 0 Å². The van der Waals surface area contributed by atoms with E-state index < -0.39 is 42.7 Å². The zero-order chi connectivity index (χ0) is 23.8. The van der Waals surface area contributed by atoms with Gasteiger partial charge in [0.15, 0.2) is 0 Å². The third-order valence-corrected chi connectivity index (χ3v) is 7.61. The average molecular weight is 453 g/mol. The Bertz CT molecular complexity index is 808. The number of ether oxygens (including phenoxy) is 2. The van der Waals surface area contributed by atoms with Crippen LogP contribution >= 0.6 is 0 Å². The summed E-state index contributed by atoms with van der Waals surface area (Å²) in [5, 5.41) is 51.3. The first-order valence-corrected chi connectivity index (χ1v) is 11.9. The smallest absolute Gasteiger partial charge is 0.127 e. The number of aromatic hydroxyl groups is 1. The van der Waals surface area contributed by atoms with Gasteiger partial charge in [-0.25, -0.2) is 0 Å². The summed E-state index contributed by atoms with van der Waals surface area (Å²) in [6, 6.07) is 0. The Labute approximate surface area is 191 Å². The fraction of sp³-hybridized carbons (Fsp3) is 0.760. The summed E-state index contributed by atoms with van der Waals surface area (Å²) in [6.45, 7) is 9.52. The molecule has 2 aliphatic rings. The number of aliphatic hydroxyl groups is 4. The molecule has 2 unspecified atom stereocenters. The van der Waals surface area contributed by atoms with E-state index >= 15 is 0 Å². The lowest BCUT2D eigenvalue weighted by Gasteiger charge is -2.46. The summed E-state index contributed by atoms with van der Waals surface area (Å²) in [5.74, 6) is 1.04. The molecule has 182 valence electrons. The van der Waals surface area contributed by atoms with E-state index in [0.717, 1.165) is 60.1 Å². The molecule has 0 aromatic heterocycles. The van der Waals surface area contributed by atoms with E-state index in [9.17, 15) is 25.5 Å². The van der Waals surface area contributed by atoms with E-state index in [2.05, 4.69) is 13.8 Å². The zero-order valence-electron chi connectivity index (χ0n) is 20.0. The summed E-state index contributed by atoms with van der Waals surface area (Å²) in [7, 11) is 0. The topological polar surface area (TPSA) is 120 Å². The van der Waals surface area contributed by atoms with Crippen molar-refractivity contribution in [3.63, 3.8) is 0 Å². The Morgan fingerprint density at radius 2 is 1.72 bits per heavy atom. The minimum absolute atomic E-state index is 0.118. The van der Waals surface area contributed by atoms with Crippen molar-refractivity contribution in [1.82, 2.24) is 0 Å². The maximum atomic E-state index is 10.7. The number of hydrogen-bond acceptors (Lipinski definition) is 7. The second kappa shape index (κ2) is 9.85. The fourth-order valence-electron chi connectivity index (χ4n) is 5.36. The van der Waals surface area contributed by atoms with Crippen molar-refractivity contribution >= 4 is 0 Å². The first kappa shape index (κ1) is 25.2. The minimum atomic E-state index is -1.37. The molecule has 0 aliphatic carbocycles. The van der Waals surface area contributed by atoms with Crippen LogP contribution in [0.3, 0.4) is 0 Å². The van der Waals surface area contributed by atoms with Crippen LogP contribution in [0, 0.1) is 26.7 Å². The maximum Gasteiger partial charge on any atom is 0.127 e. The monoisotopic (exact) mass is 452 g/mol. The SMILES string of the molecule is CCCCC(CC1(C)CCc2c(C)c(O)c(C)c(C)c2O1)[C@@H]1O[C@H](CO)[C@@H](O)[C@H](O)[C@H]1O. The number of unbranched alkanes of at least 4 members (excludes halogenated alkanes) is 1. The number of benzene rings is 1. The van der Waals surface area contributed by atoms with Gasteiger partial charge < -0.3 is 35.0 Å². The second-order valence-corrected chi connectivity index (χ2v) is 9.98. The number of phenolic OH excluding ortho intramolecular Hbond substituents is 1. The van der Waals surface area contributed by atoms with Gasteiger partial charge in [0.1, 0.15) is 41.5 Å². The van der Waals surface area contributed by atoms with Crippen LogP contribution in [-0.4, -0.2) is 68.3 Å². The number of rotatable bonds is 7. The molecule has 5 N–H and O–H groups in total. The lowest BCUT2D eigenvalue weighted by molar-refractivity contribution is -0.244. The molecule has 7 atom stereocenters. The van der Waals surface area contributed by atoms with Crippen LogP contribution in [-0.2, 0) is 11.2 Å². The summed E-state index contributed by atoms with van der Waals surface area (Å²) < 4.78 is 12.5. The highest BCUT2D eigenvalue weighted by Gasteiger charge is 2.48. The van der Waals surface area contributed by atoms with Crippen molar-refractivity contribution in [2.45, 2.75) is 109 Å². The predicted octanol–water partition coefficient (Wildman–Crippen LogP) is 2.44. The highest BCUT2D eigenvalue weighted by molar-refractivity contribution is 5.58. The van der Waals surface area contributed by atoms with Crippen molar-refractivity contribution in [2.75, 3.05) is 6.61 Å². The Kier molecular flexibility index (Phi) is 7.77. The third-order valence-electron chi connectivity index (χ3n) is 7.61. The Morgan fingerprint density at radius 1 is 1.03 bits per heavy atom. The van der Waals surface area contributed by atoms with Gasteiger partial charge in [-0.2, -0.15) is 0 Å². The fourth-order valence-corrected chi connectivity index (χ4v) is 5.36. The van der Waals surface area contributed by atoms with Gasteiger partial charge in [0.25, 0.3) is 0 Å². The first-order valence-electron chi connectivity index (χ1n) is 11.9. The lowest BCUT2D eigenvalue weighted by Crippen LogP contribution is -2.61. The largest absolute Gasteiger partial charge is 0.507 e. The summed E-state index contributed by atoms with van der Waals surface area (Å²) in [4.78, 5) is 0. The molecule has 7 nitrogen and oxygen atoms in total. The van der Waals surface area contributed by atoms with E-state index in [4.69, 9.17) is 9.47 Å².